The van der Waals surface area contributed by atoms with Crippen LogP contribution in [0.15, 0.2) is 23.1 Å². The van der Waals surface area contributed by atoms with E-state index in [1.54, 1.807) is 0 Å². The largest absolute Gasteiger partial charge is 0.263 e. The van der Waals surface area contributed by atoms with Crippen LogP contribution in [-0.2, 0) is 15.4 Å². The molecule has 2 aromatic rings. The van der Waals surface area contributed by atoms with Crippen LogP contribution >= 0.6 is 11.5 Å². The van der Waals surface area contributed by atoms with Crippen molar-refractivity contribution in [3.05, 3.63) is 35.7 Å². The number of nitrogens with zero attached hydrogens (tertiary/aromatic N) is 2. The van der Waals surface area contributed by atoms with E-state index in [0.717, 1.165) is 23.7 Å². The normalized spacial score (nSPS) is 12.4. The van der Waals surface area contributed by atoms with Gasteiger partial charge in [0.15, 0.2) is 11.6 Å². The molecular weight excluding hydrogens is 320 g/mol. The van der Waals surface area contributed by atoms with Gasteiger partial charge < -0.3 is 0 Å². The molecule has 0 saturated carbocycles. The van der Waals surface area contributed by atoms with Crippen molar-refractivity contribution in [2.75, 3.05) is 4.72 Å². The minimum atomic E-state index is -4.03. The molecule has 0 aliphatic heterocycles. The standard InChI is InChI=1S/C12H13F2N3O2S2/c1-12(2,3)10-15-11(20-16-10)17-21(18,19)7-4-5-8(13)9(14)6-7/h4-6H,1-3H3,(H,15,16,17). The van der Waals surface area contributed by atoms with Gasteiger partial charge in [0.25, 0.3) is 10.0 Å². The first-order chi connectivity index (χ1) is 9.59. The Hall–Kier alpha value is -1.61. The van der Waals surface area contributed by atoms with Crippen molar-refractivity contribution in [2.24, 2.45) is 0 Å². The lowest BCUT2D eigenvalue weighted by molar-refractivity contribution is 0.504. The lowest BCUT2D eigenvalue weighted by Crippen LogP contribution is -2.15. The van der Waals surface area contributed by atoms with E-state index >= 15 is 0 Å². The Balaban J connectivity index is 2.29. The van der Waals surface area contributed by atoms with Gasteiger partial charge in [-0.2, -0.15) is 4.37 Å². The van der Waals surface area contributed by atoms with E-state index in [9.17, 15) is 17.2 Å². The average molecular weight is 333 g/mol. The van der Waals surface area contributed by atoms with Gasteiger partial charge in [-0.3, -0.25) is 4.72 Å². The Morgan fingerprint density at radius 2 is 1.86 bits per heavy atom. The minimum absolute atomic E-state index is 0.0738. The summed E-state index contributed by atoms with van der Waals surface area (Å²) in [6.45, 7) is 5.67. The number of hydrogen-bond donors (Lipinski definition) is 1. The van der Waals surface area contributed by atoms with E-state index in [-0.39, 0.29) is 15.4 Å². The SMILES string of the molecule is CC(C)(C)c1nsc(NS(=O)(=O)c2ccc(F)c(F)c2)n1. The van der Waals surface area contributed by atoms with E-state index in [4.69, 9.17) is 0 Å². The molecule has 5 nitrogen and oxygen atoms in total. The third-order valence-electron chi connectivity index (χ3n) is 2.52. The van der Waals surface area contributed by atoms with Crippen molar-refractivity contribution in [1.82, 2.24) is 9.36 Å². The Bertz CT molecular complexity index is 767. The summed E-state index contributed by atoms with van der Waals surface area (Å²) < 4.78 is 56.3. The predicted molar refractivity (Wildman–Crippen MR) is 75.8 cm³/mol. The monoisotopic (exact) mass is 333 g/mol. The van der Waals surface area contributed by atoms with Crippen molar-refractivity contribution in [3.8, 4) is 0 Å². The molecule has 0 saturated heterocycles. The molecule has 0 bridgehead atoms. The third-order valence-corrected chi connectivity index (χ3v) is 4.62. The molecule has 114 valence electrons. The van der Waals surface area contributed by atoms with E-state index in [2.05, 4.69) is 14.1 Å². The highest BCUT2D eigenvalue weighted by atomic mass is 32.2. The van der Waals surface area contributed by atoms with Gasteiger partial charge in [0, 0.05) is 16.9 Å². The van der Waals surface area contributed by atoms with Crippen LogP contribution in [0.3, 0.4) is 0 Å². The van der Waals surface area contributed by atoms with Crippen LogP contribution < -0.4 is 4.72 Å². The number of sulfonamides is 1. The molecule has 0 unspecified atom stereocenters. The number of aromatic nitrogens is 2. The summed E-state index contributed by atoms with van der Waals surface area (Å²) in [5, 5.41) is 0.0738. The summed E-state index contributed by atoms with van der Waals surface area (Å²) in [4.78, 5) is 3.70. The van der Waals surface area contributed by atoms with Crippen LogP contribution in [0.25, 0.3) is 0 Å². The Labute approximate surface area is 125 Å². The van der Waals surface area contributed by atoms with Crippen molar-refractivity contribution in [1.29, 1.82) is 0 Å². The Morgan fingerprint density at radius 3 is 2.38 bits per heavy atom. The fraction of sp³-hybridized carbons (Fsp3) is 0.333. The van der Waals surface area contributed by atoms with E-state index in [0.29, 0.717) is 11.9 Å². The maximum atomic E-state index is 13.1. The summed E-state index contributed by atoms with van der Waals surface area (Å²) in [5.74, 6) is -1.85. The lowest BCUT2D eigenvalue weighted by Gasteiger charge is -2.12. The van der Waals surface area contributed by atoms with Crippen LogP contribution in [0.1, 0.15) is 26.6 Å². The van der Waals surface area contributed by atoms with Crippen molar-refractivity contribution in [3.63, 3.8) is 0 Å². The summed E-state index contributed by atoms with van der Waals surface area (Å²) in [6, 6.07) is 2.35. The van der Waals surface area contributed by atoms with Crippen molar-refractivity contribution >= 4 is 26.7 Å². The number of rotatable bonds is 3. The number of anilines is 1. The van der Waals surface area contributed by atoms with Crippen molar-refractivity contribution < 1.29 is 17.2 Å². The molecule has 0 amide bonds. The number of benzene rings is 1. The molecule has 0 radical (unpaired) electrons. The topological polar surface area (TPSA) is 72.0 Å². The lowest BCUT2D eigenvalue weighted by atomic mass is 9.96. The Morgan fingerprint density at radius 1 is 1.19 bits per heavy atom. The number of halogens is 2. The number of nitrogens with one attached hydrogen (secondary N) is 1. The first-order valence-corrected chi connectivity index (χ1v) is 8.17. The van der Waals surface area contributed by atoms with Crippen LogP contribution in [0.5, 0.6) is 0 Å². The predicted octanol–water partition coefficient (Wildman–Crippen LogP) is 2.91. The summed E-state index contributed by atoms with van der Waals surface area (Å²) in [5.41, 5.74) is -0.317. The van der Waals surface area contributed by atoms with Gasteiger partial charge in [0.1, 0.15) is 5.82 Å². The summed E-state index contributed by atoms with van der Waals surface area (Å²) in [6.07, 6.45) is 0. The third kappa shape index (κ3) is 3.53. The molecule has 0 atom stereocenters. The highest BCUT2D eigenvalue weighted by Crippen LogP contribution is 2.25. The molecular formula is C12H13F2N3O2S2. The molecule has 1 aromatic carbocycles. The van der Waals surface area contributed by atoms with Crippen molar-refractivity contribution in [2.45, 2.75) is 31.1 Å². The second-order valence-electron chi connectivity index (χ2n) is 5.35. The van der Waals surface area contributed by atoms with Gasteiger partial charge in [-0.25, -0.2) is 22.2 Å². The van der Waals surface area contributed by atoms with Crippen LogP contribution in [0.4, 0.5) is 13.9 Å². The fourth-order valence-electron chi connectivity index (χ4n) is 1.39. The molecule has 0 spiro atoms. The van der Waals surface area contributed by atoms with Gasteiger partial charge in [-0.1, -0.05) is 20.8 Å². The first kappa shape index (κ1) is 15.8. The maximum Gasteiger partial charge on any atom is 0.263 e. The zero-order valence-electron chi connectivity index (χ0n) is 11.5. The smallest absolute Gasteiger partial charge is 0.253 e. The van der Waals surface area contributed by atoms with Gasteiger partial charge in [-0.05, 0) is 18.2 Å². The van der Waals surface area contributed by atoms with Crippen LogP contribution in [0, 0.1) is 11.6 Å². The molecule has 0 fully saturated rings. The summed E-state index contributed by atoms with van der Waals surface area (Å²) in [7, 11) is -4.03. The first-order valence-electron chi connectivity index (χ1n) is 5.92. The van der Waals surface area contributed by atoms with Gasteiger partial charge in [-0.15, -0.1) is 0 Å². The van der Waals surface area contributed by atoms with Gasteiger partial charge in [0.2, 0.25) is 5.13 Å². The van der Waals surface area contributed by atoms with E-state index in [1.165, 1.54) is 0 Å². The van der Waals surface area contributed by atoms with Crippen LogP contribution in [-0.4, -0.2) is 17.8 Å². The molecule has 2 rings (SSSR count). The molecule has 9 heteroatoms. The van der Waals surface area contributed by atoms with Gasteiger partial charge >= 0.3 is 0 Å². The van der Waals surface area contributed by atoms with E-state index in [1.807, 2.05) is 20.8 Å². The average Bonchev–Trinajstić information content (AvgIpc) is 2.80. The molecule has 1 aromatic heterocycles. The van der Waals surface area contributed by atoms with Gasteiger partial charge in [0.05, 0.1) is 4.90 Å². The quantitative estimate of drug-likeness (QED) is 0.937. The summed E-state index contributed by atoms with van der Waals surface area (Å²) >= 11 is 0.886. The fourth-order valence-corrected chi connectivity index (χ4v) is 3.38. The molecule has 0 aliphatic rings. The molecule has 1 N–H and O–H groups in total. The molecule has 1 heterocycles. The Kier molecular flexibility index (Phi) is 3.98. The second-order valence-corrected chi connectivity index (χ2v) is 7.79. The second kappa shape index (κ2) is 5.30. The maximum absolute atomic E-state index is 13.1. The van der Waals surface area contributed by atoms with Crippen LogP contribution in [0.2, 0.25) is 0 Å². The highest BCUT2D eigenvalue weighted by Gasteiger charge is 2.22. The molecule has 0 aliphatic carbocycles. The highest BCUT2D eigenvalue weighted by molar-refractivity contribution is 7.93. The minimum Gasteiger partial charge on any atom is -0.253 e. The zero-order chi connectivity index (χ0) is 15.8. The zero-order valence-corrected chi connectivity index (χ0v) is 13.1. The molecule has 21 heavy (non-hydrogen) atoms. The van der Waals surface area contributed by atoms with E-state index < -0.39 is 21.7 Å². The number of hydrogen-bond acceptors (Lipinski definition) is 5.